The maximum Gasteiger partial charge on any atom is 0.0575 e. The highest BCUT2D eigenvalue weighted by Gasteiger charge is 2.61. The van der Waals surface area contributed by atoms with Crippen molar-refractivity contribution in [1.29, 1.82) is 0 Å². The lowest BCUT2D eigenvalue weighted by atomic mass is 9.95. The molecule has 4 aromatic carbocycles. The monoisotopic (exact) mass is 651 g/mol. The molecule has 3 radical (unpaired) electrons. The Morgan fingerprint density at radius 1 is 0.333 bits per heavy atom. The maximum absolute atomic E-state index is 2.71. The minimum absolute atomic E-state index is 0.238. The van der Waals surface area contributed by atoms with E-state index in [0.717, 1.165) is 0 Å². The second-order valence-corrected chi connectivity index (χ2v) is 43.2. The predicted octanol–water partition coefficient (Wildman–Crippen LogP) is 10.5. The van der Waals surface area contributed by atoms with Gasteiger partial charge < -0.3 is 0 Å². The van der Waals surface area contributed by atoms with Gasteiger partial charge in [-0.1, -0.05) is 135 Å². The number of hydrogen-bond acceptors (Lipinski definition) is 0. The second-order valence-electron chi connectivity index (χ2n) is 17.7. The molecule has 6 heteroatoms. The van der Waals surface area contributed by atoms with Crippen molar-refractivity contribution in [3.8, 4) is 0 Å². The summed E-state index contributed by atoms with van der Waals surface area (Å²) in [5, 5.41) is 10.3. The second kappa shape index (κ2) is 8.21. The van der Waals surface area contributed by atoms with Crippen LogP contribution in [0.4, 0.5) is 0 Å². The van der Waals surface area contributed by atoms with Crippen LogP contribution in [0.25, 0.3) is 32.3 Å². The van der Waals surface area contributed by atoms with Gasteiger partial charge in [-0.2, -0.15) is 0 Å². The predicted molar refractivity (Wildman–Crippen MR) is 204 cm³/mol. The van der Waals surface area contributed by atoms with Gasteiger partial charge in [0, 0.05) is 14.0 Å². The molecule has 4 aromatic rings. The molecule has 0 aromatic heterocycles. The van der Waals surface area contributed by atoms with Gasteiger partial charge in [0.1, 0.15) is 0 Å². The minimum atomic E-state index is -1.68. The van der Waals surface area contributed by atoms with Crippen LogP contribution in [0.1, 0.15) is 33.4 Å². The van der Waals surface area contributed by atoms with Crippen molar-refractivity contribution in [1.82, 2.24) is 0 Å². The Balaban J connectivity index is 1.88. The standard InChI is InChI=1S/C36H51Si6/c1-37(2)34(40(7,8)9)22-16-18-24-30-28(22)29-23(34)17-19-25-31(29)33-27(36(25,39(5)6)42(13,14)15)21-20-26(32(30)33)35(24,38(3)4)41(10,11)12/h16-21H,1-15H3. The summed E-state index contributed by atoms with van der Waals surface area (Å²) in [7, 11) is -7.09. The summed E-state index contributed by atoms with van der Waals surface area (Å²) in [6, 6.07) is 16.3. The summed E-state index contributed by atoms with van der Waals surface area (Å²) < 4.78 is 0.714. The van der Waals surface area contributed by atoms with E-state index in [0.29, 0.717) is 0 Å². The molecule has 0 atom stereocenters. The Hall–Kier alpha value is -1.04. The first kappa shape index (κ1) is 29.7. The third-order valence-electron chi connectivity index (χ3n) is 12.4. The van der Waals surface area contributed by atoms with E-state index < -0.39 is 50.6 Å². The summed E-state index contributed by atoms with van der Waals surface area (Å²) in [6.45, 7) is 40.0. The van der Waals surface area contributed by atoms with Crippen LogP contribution in [0.15, 0.2) is 36.4 Å². The molecular formula is C36H51Si6. The van der Waals surface area contributed by atoms with Crippen LogP contribution in [0.2, 0.25) is 98.2 Å². The number of rotatable bonds is 6. The number of benzene rings is 4. The molecule has 42 heavy (non-hydrogen) atoms. The van der Waals surface area contributed by atoms with Gasteiger partial charge in [-0.15, -0.1) is 0 Å². The highest BCUT2D eigenvalue weighted by Crippen LogP contribution is 2.67. The van der Waals surface area contributed by atoms with E-state index in [2.05, 4.69) is 135 Å². The van der Waals surface area contributed by atoms with Crippen LogP contribution >= 0.6 is 0 Å². The first-order valence-corrected chi connectivity index (χ1v) is 34.2. The van der Waals surface area contributed by atoms with Crippen molar-refractivity contribution in [2.24, 2.45) is 0 Å². The summed E-state index contributed by atoms with van der Waals surface area (Å²) in [5.74, 6) is 0. The Morgan fingerprint density at radius 2 is 0.476 bits per heavy atom. The Bertz CT molecular complexity index is 1530. The lowest BCUT2D eigenvalue weighted by Crippen LogP contribution is -2.58. The molecule has 0 aliphatic heterocycles. The van der Waals surface area contributed by atoms with E-state index in [9.17, 15) is 0 Å². The van der Waals surface area contributed by atoms with Crippen LogP contribution in [0.5, 0.6) is 0 Å². The average molecular weight is 652 g/mol. The molecule has 7 rings (SSSR count). The summed E-state index contributed by atoms with van der Waals surface area (Å²) in [4.78, 5) is 0. The van der Waals surface area contributed by atoms with Crippen LogP contribution in [0.3, 0.4) is 0 Å². The Kier molecular flexibility index (Phi) is 5.80. The maximum atomic E-state index is 2.71. The molecule has 0 amide bonds. The zero-order valence-electron chi connectivity index (χ0n) is 29.0. The van der Waals surface area contributed by atoms with Gasteiger partial charge in [-0.3, -0.25) is 0 Å². The molecule has 0 bridgehead atoms. The highest BCUT2D eigenvalue weighted by atomic mass is 28.4. The fourth-order valence-electron chi connectivity index (χ4n) is 12.0. The van der Waals surface area contributed by atoms with Gasteiger partial charge in [0.25, 0.3) is 0 Å². The third-order valence-corrected chi connectivity index (χ3v) is 38.1. The van der Waals surface area contributed by atoms with Gasteiger partial charge in [-0.05, 0) is 65.7 Å². The quantitative estimate of drug-likeness (QED) is 0.144. The molecule has 3 aliphatic carbocycles. The van der Waals surface area contributed by atoms with E-state index in [1.165, 1.54) is 0 Å². The van der Waals surface area contributed by atoms with Gasteiger partial charge in [0.15, 0.2) is 0 Å². The molecule has 219 valence electrons. The molecule has 0 N–H and O–H groups in total. The largest absolute Gasteiger partial charge is 0.0705 e. The van der Waals surface area contributed by atoms with Crippen molar-refractivity contribution >= 4 is 82.9 Å². The number of hydrogen-bond donors (Lipinski definition) is 0. The lowest BCUT2D eigenvalue weighted by Gasteiger charge is -2.47. The Labute approximate surface area is 263 Å². The molecule has 3 aliphatic rings. The van der Waals surface area contributed by atoms with Crippen LogP contribution in [-0.4, -0.2) is 50.6 Å². The summed E-state index contributed by atoms with van der Waals surface area (Å²) in [6.07, 6.45) is 0. The lowest BCUT2D eigenvalue weighted by molar-refractivity contribution is 0.965. The minimum Gasteiger partial charge on any atom is -0.0705 e. The van der Waals surface area contributed by atoms with Crippen molar-refractivity contribution in [3.63, 3.8) is 0 Å². The van der Waals surface area contributed by atoms with Gasteiger partial charge in [-0.25, -0.2) is 0 Å². The average Bonchev–Trinajstić information content (AvgIpc) is 3.43. The van der Waals surface area contributed by atoms with Gasteiger partial charge >= 0.3 is 0 Å². The van der Waals surface area contributed by atoms with Gasteiger partial charge in [0.05, 0.1) is 50.6 Å². The van der Waals surface area contributed by atoms with Crippen LogP contribution in [-0.2, 0) is 14.0 Å². The van der Waals surface area contributed by atoms with Crippen molar-refractivity contribution in [3.05, 3.63) is 69.8 Å². The first-order valence-electron chi connectivity index (χ1n) is 16.2. The molecule has 0 saturated heterocycles. The van der Waals surface area contributed by atoms with E-state index in [-0.39, 0.29) is 14.0 Å². The molecule has 0 saturated carbocycles. The topological polar surface area (TPSA) is 0 Å². The van der Waals surface area contributed by atoms with Crippen molar-refractivity contribution in [2.45, 2.75) is 112 Å². The normalized spacial score (nSPS) is 26.4. The fourth-order valence-corrected chi connectivity index (χ4v) is 40.5. The molecule has 0 heterocycles. The van der Waals surface area contributed by atoms with E-state index in [1.54, 1.807) is 65.7 Å². The zero-order chi connectivity index (χ0) is 30.9. The summed E-state index contributed by atoms with van der Waals surface area (Å²) >= 11 is 0. The van der Waals surface area contributed by atoms with E-state index in [1.807, 2.05) is 0 Å². The molecule has 0 unspecified atom stereocenters. The van der Waals surface area contributed by atoms with Crippen molar-refractivity contribution < 1.29 is 0 Å². The smallest absolute Gasteiger partial charge is 0.0575 e. The first-order chi connectivity index (χ1) is 19.3. The van der Waals surface area contributed by atoms with E-state index in [4.69, 9.17) is 0 Å². The van der Waals surface area contributed by atoms with Crippen LogP contribution < -0.4 is 0 Å². The highest BCUT2D eigenvalue weighted by molar-refractivity contribution is 6.95. The van der Waals surface area contributed by atoms with Crippen molar-refractivity contribution in [2.75, 3.05) is 0 Å². The fraction of sp³-hybridized carbons (Fsp3) is 0.500. The molecule has 0 fully saturated rings. The molecule has 0 nitrogen and oxygen atoms in total. The molecule has 0 spiro atoms. The van der Waals surface area contributed by atoms with Gasteiger partial charge in [0.2, 0.25) is 0 Å². The third kappa shape index (κ3) is 2.75. The van der Waals surface area contributed by atoms with E-state index >= 15 is 0 Å². The van der Waals surface area contributed by atoms with Crippen LogP contribution in [0, 0.1) is 0 Å². The summed E-state index contributed by atoms with van der Waals surface area (Å²) in [5.41, 5.74) is 10.4. The molecular weight excluding hydrogens is 601 g/mol. The Morgan fingerprint density at radius 3 is 0.571 bits per heavy atom. The zero-order valence-corrected chi connectivity index (χ0v) is 35.0. The SMILES string of the molecule is C[Si](C)C1([Si](C)(C)C)c2ccc3c4c2c2c1ccc1c2c2c(ccc(c42)C3([Si](C)C)[Si](C)(C)C)C1([Si](C)C)[Si](C)(C)C.